The number of aromatic carboxylic acids is 4. The predicted octanol–water partition coefficient (Wildman–Crippen LogP) is 3.83. The Morgan fingerprint density at radius 1 is 0.500 bits per heavy atom. The van der Waals surface area contributed by atoms with Crippen molar-refractivity contribution in [1.29, 1.82) is 0 Å². The van der Waals surface area contributed by atoms with Crippen molar-refractivity contribution in [1.82, 2.24) is 0 Å². The molecule has 0 radical (unpaired) electrons. The van der Waals surface area contributed by atoms with Gasteiger partial charge in [-0.2, -0.15) is 0 Å². The molecule has 0 aromatic heterocycles. The van der Waals surface area contributed by atoms with Crippen molar-refractivity contribution in [3.05, 3.63) is 95.1 Å². The summed E-state index contributed by atoms with van der Waals surface area (Å²) in [6.07, 6.45) is 0. The van der Waals surface area contributed by atoms with Gasteiger partial charge in [0.05, 0.1) is 22.3 Å². The second-order valence-electron chi connectivity index (χ2n) is 5.92. The third-order valence-corrected chi connectivity index (χ3v) is 3.96. The van der Waals surface area contributed by atoms with Gasteiger partial charge in [0.15, 0.2) is 0 Å². The van der Waals surface area contributed by atoms with Crippen molar-refractivity contribution >= 4 is 23.9 Å². The van der Waals surface area contributed by atoms with E-state index in [2.05, 4.69) is 0 Å². The van der Waals surface area contributed by atoms with Crippen molar-refractivity contribution in [2.45, 2.75) is 0 Å². The predicted molar refractivity (Wildman–Crippen MR) is 106 cm³/mol. The summed E-state index contributed by atoms with van der Waals surface area (Å²) in [5.74, 6) is -4.28. The molecule has 8 heteroatoms. The largest absolute Gasteiger partial charge is 0.478 e. The molecule has 0 amide bonds. The average molecular weight is 408 g/mol. The van der Waals surface area contributed by atoms with E-state index >= 15 is 0 Å². The number of hydrogen-bond acceptors (Lipinski definition) is 4. The van der Waals surface area contributed by atoms with E-state index in [9.17, 15) is 19.2 Å². The molecule has 3 aromatic rings. The van der Waals surface area contributed by atoms with Crippen LogP contribution in [0.3, 0.4) is 0 Å². The molecule has 0 saturated carbocycles. The highest BCUT2D eigenvalue weighted by atomic mass is 16.4. The Morgan fingerprint density at radius 3 is 1.33 bits per heavy atom. The molecule has 0 aliphatic heterocycles. The van der Waals surface area contributed by atoms with Crippen LogP contribution in [0.5, 0.6) is 0 Å². The number of carbonyl (C=O) groups is 4. The summed E-state index contributed by atoms with van der Waals surface area (Å²) in [6, 6.07) is 17.8. The highest BCUT2D eigenvalue weighted by Gasteiger charge is 2.14. The molecule has 152 valence electrons. The minimum Gasteiger partial charge on any atom is -0.478 e. The molecule has 0 heterocycles. The molecule has 0 spiro atoms. The first kappa shape index (κ1) is 21.8. The maximum absolute atomic E-state index is 11.1. The molecule has 3 aromatic carbocycles. The number of benzene rings is 3. The van der Waals surface area contributed by atoms with Gasteiger partial charge in [-0.05, 0) is 53.6 Å². The average Bonchev–Trinajstić information content (AvgIpc) is 2.74. The van der Waals surface area contributed by atoms with Crippen LogP contribution in [0.4, 0.5) is 0 Å². The Balaban J connectivity index is 0.000000232. The Hall–Kier alpha value is -4.46. The molecule has 0 aliphatic rings. The van der Waals surface area contributed by atoms with Gasteiger partial charge in [-0.3, -0.25) is 0 Å². The topological polar surface area (TPSA) is 149 Å². The molecule has 8 nitrogen and oxygen atoms in total. The molecule has 0 aliphatic carbocycles. The van der Waals surface area contributed by atoms with E-state index in [0.29, 0.717) is 11.1 Å². The highest BCUT2D eigenvalue weighted by molar-refractivity contribution is 5.99. The summed E-state index contributed by atoms with van der Waals surface area (Å²) in [4.78, 5) is 42.7. The lowest BCUT2D eigenvalue weighted by atomic mass is 9.97. The molecular weight excluding hydrogens is 392 g/mol. The lowest BCUT2D eigenvalue weighted by molar-refractivity contribution is 0.0681. The fourth-order valence-corrected chi connectivity index (χ4v) is 2.48. The van der Waals surface area contributed by atoms with Crippen LogP contribution in [0.25, 0.3) is 11.1 Å². The zero-order chi connectivity index (χ0) is 22.3. The quantitative estimate of drug-likeness (QED) is 0.497. The zero-order valence-corrected chi connectivity index (χ0v) is 15.4. The normalized spacial score (nSPS) is 9.73. The van der Waals surface area contributed by atoms with Crippen LogP contribution >= 0.6 is 0 Å². The molecule has 0 bridgehead atoms. The summed E-state index contributed by atoms with van der Waals surface area (Å²) in [5.41, 5.74) is 1.41. The molecule has 0 saturated heterocycles. The minimum atomic E-state index is -1.08. The van der Waals surface area contributed by atoms with Gasteiger partial charge in [0, 0.05) is 0 Å². The van der Waals surface area contributed by atoms with Gasteiger partial charge in [0.25, 0.3) is 0 Å². The van der Waals surface area contributed by atoms with Gasteiger partial charge in [0.1, 0.15) is 0 Å². The van der Waals surface area contributed by atoms with E-state index < -0.39 is 23.9 Å². The van der Waals surface area contributed by atoms with Crippen molar-refractivity contribution in [2.24, 2.45) is 0 Å². The van der Waals surface area contributed by atoms with Crippen molar-refractivity contribution in [2.75, 3.05) is 0 Å². The molecule has 3 rings (SSSR count). The Labute approximate surface area is 170 Å². The molecule has 0 fully saturated rings. The smallest absolute Gasteiger partial charge is 0.336 e. The van der Waals surface area contributed by atoms with E-state index in [1.165, 1.54) is 42.5 Å². The van der Waals surface area contributed by atoms with Gasteiger partial charge in [-0.25, -0.2) is 19.2 Å². The first-order chi connectivity index (χ1) is 14.2. The maximum Gasteiger partial charge on any atom is 0.336 e. The Bertz CT molecular complexity index is 1050. The maximum atomic E-state index is 11.1. The Morgan fingerprint density at radius 2 is 0.933 bits per heavy atom. The van der Waals surface area contributed by atoms with Crippen molar-refractivity contribution in [3.8, 4) is 11.1 Å². The molecule has 4 N–H and O–H groups in total. The number of carboxylic acids is 4. The summed E-state index contributed by atoms with van der Waals surface area (Å²) in [7, 11) is 0. The summed E-state index contributed by atoms with van der Waals surface area (Å²) in [6.45, 7) is 0. The van der Waals surface area contributed by atoms with Crippen LogP contribution in [0.15, 0.2) is 72.8 Å². The lowest BCUT2D eigenvalue weighted by Crippen LogP contribution is -2.03. The lowest BCUT2D eigenvalue weighted by Gasteiger charge is -2.07. The van der Waals surface area contributed by atoms with Crippen LogP contribution in [0, 0.1) is 0 Å². The summed E-state index contributed by atoms with van der Waals surface area (Å²) < 4.78 is 0. The van der Waals surface area contributed by atoms with E-state index in [1.54, 1.807) is 24.3 Å². The van der Waals surface area contributed by atoms with Crippen LogP contribution in [-0.2, 0) is 0 Å². The standard InChI is InChI=1S/C14H10O4.C8H6O4/c15-13(16)10-6-7-11(14(17)18)12(8-10)9-4-2-1-3-5-9;9-7(10)5-1-2-6(4-3-5)8(11)12/h1-8H,(H,15,16)(H,17,18);1-4H,(H,9,10)(H,11,12). The first-order valence-electron chi connectivity index (χ1n) is 8.43. The van der Waals surface area contributed by atoms with Crippen LogP contribution in [-0.4, -0.2) is 44.3 Å². The molecular formula is C22H16O8. The van der Waals surface area contributed by atoms with Crippen LogP contribution < -0.4 is 0 Å². The summed E-state index contributed by atoms with van der Waals surface area (Å²) in [5, 5.41) is 35.0. The van der Waals surface area contributed by atoms with Gasteiger partial charge in [0.2, 0.25) is 0 Å². The second kappa shape index (κ2) is 9.65. The number of rotatable bonds is 5. The molecule has 0 unspecified atom stereocenters. The van der Waals surface area contributed by atoms with Gasteiger partial charge >= 0.3 is 23.9 Å². The van der Waals surface area contributed by atoms with E-state index in [-0.39, 0.29) is 22.3 Å². The minimum absolute atomic E-state index is 0.0684. The van der Waals surface area contributed by atoms with Gasteiger partial charge < -0.3 is 20.4 Å². The van der Waals surface area contributed by atoms with Gasteiger partial charge in [-0.1, -0.05) is 30.3 Å². The monoisotopic (exact) mass is 408 g/mol. The Kier molecular flexibility index (Phi) is 7.02. The van der Waals surface area contributed by atoms with E-state index in [0.717, 1.165) is 0 Å². The zero-order valence-electron chi connectivity index (χ0n) is 15.4. The van der Waals surface area contributed by atoms with Crippen molar-refractivity contribution in [3.63, 3.8) is 0 Å². The second-order valence-corrected chi connectivity index (χ2v) is 5.92. The number of hydrogen-bond donors (Lipinski definition) is 4. The van der Waals surface area contributed by atoms with E-state index in [1.807, 2.05) is 6.07 Å². The van der Waals surface area contributed by atoms with Crippen molar-refractivity contribution < 1.29 is 39.6 Å². The summed E-state index contributed by atoms with van der Waals surface area (Å²) >= 11 is 0. The first-order valence-corrected chi connectivity index (χ1v) is 8.43. The third kappa shape index (κ3) is 5.52. The third-order valence-electron chi connectivity index (χ3n) is 3.96. The highest BCUT2D eigenvalue weighted by Crippen LogP contribution is 2.25. The van der Waals surface area contributed by atoms with Crippen LogP contribution in [0.1, 0.15) is 41.4 Å². The fraction of sp³-hybridized carbons (Fsp3) is 0. The fourth-order valence-electron chi connectivity index (χ4n) is 2.48. The number of carboxylic acid groups (broad SMARTS) is 4. The molecule has 0 atom stereocenters. The van der Waals surface area contributed by atoms with E-state index in [4.69, 9.17) is 20.4 Å². The van der Waals surface area contributed by atoms with Gasteiger partial charge in [-0.15, -0.1) is 0 Å². The molecule has 30 heavy (non-hydrogen) atoms. The SMILES string of the molecule is O=C(O)c1ccc(C(=O)O)c(-c2ccccc2)c1.O=C(O)c1ccc(C(=O)O)cc1. The van der Waals surface area contributed by atoms with Crippen LogP contribution in [0.2, 0.25) is 0 Å².